The Bertz CT molecular complexity index is 363. The van der Waals surface area contributed by atoms with Crippen molar-refractivity contribution in [2.75, 3.05) is 18.5 Å². The standard InChI is InChI=1S/C12H16F3NO/c1-3-6-17-11-5-4-9(2)7-10(11)16-8-12(13,14)15/h4-5,7,16H,3,6,8H2,1-2H3. The van der Waals surface area contributed by atoms with Crippen molar-refractivity contribution in [1.82, 2.24) is 0 Å². The molecular formula is C12H16F3NO. The summed E-state index contributed by atoms with van der Waals surface area (Å²) in [6, 6.07) is 5.14. The molecule has 0 aromatic heterocycles. The highest BCUT2D eigenvalue weighted by Crippen LogP contribution is 2.27. The van der Waals surface area contributed by atoms with Gasteiger partial charge in [-0.3, -0.25) is 0 Å². The molecule has 1 aromatic rings. The number of hydrogen-bond donors (Lipinski definition) is 1. The van der Waals surface area contributed by atoms with Crippen LogP contribution in [0.15, 0.2) is 18.2 Å². The molecule has 0 saturated heterocycles. The fourth-order valence-electron chi connectivity index (χ4n) is 1.32. The Morgan fingerprint density at radius 2 is 2.00 bits per heavy atom. The Hall–Kier alpha value is -1.39. The summed E-state index contributed by atoms with van der Waals surface area (Å²) < 4.78 is 41.7. The Labute approximate surface area is 98.8 Å². The highest BCUT2D eigenvalue weighted by molar-refractivity contribution is 5.58. The minimum absolute atomic E-state index is 0.385. The molecule has 0 atom stereocenters. The van der Waals surface area contributed by atoms with E-state index < -0.39 is 12.7 Å². The number of rotatable bonds is 5. The number of nitrogens with one attached hydrogen (secondary N) is 1. The molecule has 0 aliphatic carbocycles. The molecule has 1 aromatic carbocycles. The summed E-state index contributed by atoms with van der Waals surface area (Å²) >= 11 is 0. The second kappa shape index (κ2) is 5.80. The Morgan fingerprint density at radius 3 is 2.59 bits per heavy atom. The van der Waals surface area contributed by atoms with Gasteiger partial charge in [-0.1, -0.05) is 13.0 Å². The molecule has 0 aliphatic rings. The number of anilines is 1. The van der Waals surface area contributed by atoms with Crippen molar-refractivity contribution in [2.24, 2.45) is 0 Å². The van der Waals surface area contributed by atoms with Crippen LogP contribution in [0.1, 0.15) is 18.9 Å². The molecule has 0 amide bonds. The van der Waals surface area contributed by atoms with Crippen molar-refractivity contribution in [2.45, 2.75) is 26.4 Å². The summed E-state index contributed by atoms with van der Waals surface area (Å²) in [6.45, 7) is 3.20. The summed E-state index contributed by atoms with van der Waals surface area (Å²) in [5, 5.41) is 2.35. The van der Waals surface area contributed by atoms with Crippen molar-refractivity contribution in [3.8, 4) is 5.75 Å². The van der Waals surface area contributed by atoms with Crippen molar-refractivity contribution in [1.29, 1.82) is 0 Å². The van der Waals surface area contributed by atoms with Gasteiger partial charge in [0.05, 0.1) is 12.3 Å². The lowest BCUT2D eigenvalue weighted by Crippen LogP contribution is -2.21. The number of alkyl halides is 3. The number of ether oxygens (including phenoxy) is 1. The van der Waals surface area contributed by atoms with E-state index >= 15 is 0 Å². The molecule has 0 bridgehead atoms. The van der Waals surface area contributed by atoms with Crippen molar-refractivity contribution < 1.29 is 17.9 Å². The van der Waals surface area contributed by atoms with E-state index in [-0.39, 0.29) is 0 Å². The lowest BCUT2D eigenvalue weighted by molar-refractivity contribution is -0.115. The van der Waals surface area contributed by atoms with E-state index in [1.807, 2.05) is 19.9 Å². The van der Waals surface area contributed by atoms with Gasteiger partial charge in [-0.05, 0) is 31.0 Å². The molecule has 0 saturated carbocycles. The fourth-order valence-corrected chi connectivity index (χ4v) is 1.32. The third kappa shape index (κ3) is 4.97. The monoisotopic (exact) mass is 247 g/mol. The normalized spacial score (nSPS) is 11.4. The van der Waals surface area contributed by atoms with Gasteiger partial charge < -0.3 is 10.1 Å². The summed E-state index contributed by atoms with van der Waals surface area (Å²) in [4.78, 5) is 0. The van der Waals surface area contributed by atoms with E-state index in [0.29, 0.717) is 18.0 Å². The van der Waals surface area contributed by atoms with Gasteiger partial charge in [0.1, 0.15) is 12.3 Å². The summed E-state index contributed by atoms with van der Waals surface area (Å²) in [5.74, 6) is 0.460. The minimum Gasteiger partial charge on any atom is -0.491 e. The van der Waals surface area contributed by atoms with Crippen LogP contribution in [0.25, 0.3) is 0 Å². The molecule has 1 N–H and O–H groups in total. The molecule has 1 rings (SSSR count). The van der Waals surface area contributed by atoms with E-state index in [4.69, 9.17) is 4.74 Å². The van der Waals surface area contributed by atoms with Crippen LogP contribution in [0.5, 0.6) is 5.75 Å². The first-order chi connectivity index (χ1) is 7.92. The largest absolute Gasteiger partial charge is 0.491 e. The molecular weight excluding hydrogens is 231 g/mol. The van der Waals surface area contributed by atoms with Gasteiger partial charge >= 0.3 is 6.18 Å². The van der Waals surface area contributed by atoms with Crippen LogP contribution >= 0.6 is 0 Å². The highest BCUT2D eigenvalue weighted by Gasteiger charge is 2.27. The Morgan fingerprint density at radius 1 is 1.29 bits per heavy atom. The van der Waals surface area contributed by atoms with Crippen LogP contribution in [0.2, 0.25) is 0 Å². The molecule has 0 heterocycles. The predicted molar refractivity (Wildman–Crippen MR) is 61.5 cm³/mol. The van der Waals surface area contributed by atoms with Gasteiger partial charge in [0.25, 0.3) is 0 Å². The van der Waals surface area contributed by atoms with Crippen LogP contribution in [0.4, 0.5) is 18.9 Å². The van der Waals surface area contributed by atoms with E-state index in [1.165, 1.54) is 0 Å². The second-order valence-electron chi connectivity index (χ2n) is 3.82. The zero-order valence-corrected chi connectivity index (χ0v) is 9.90. The van der Waals surface area contributed by atoms with Gasteiger partial charge in [0, 0.05) is 0 Å². The molecule has 96 valence electrons. The SMILES string of the molecule is CCCOc1ccc(C)cc1NCC(F)(F)F. The third-order valence-electron chi connectivity index (χ3n) is 2.08. The van der Waals surface area contributed by atoms with E-state index in [1.54, 1.807) is 12.1 Å². The summed E-state index contributed by atoms with van der Waals surface area (Å²) in [5.41, 5.74) is 1.27. The molecule has 0 spiro atoms. The van der Waals surface area contributed by atoms with Crippen molar-refractivity contribution >= 4 is 5.69 Å². The Balaban J connectivity index is 2.76. The average Bonchev–Trinajstić information content (AvgIpc) is 2.24. The maximum atomic E-state index is 12.1. The third-order valence-corrected chi connectivity index (χ3v) is 2.08. The first-order valence-corrected chi connectivity index (χ1v) is 5.46. The van der Waals surface area contributed by atoms with Crippen LogP contribution in [0, 0.1) is 6.92 Å². The zero-order valence-electron chi connectivity index (χ0n) is 9.90. The van der Waals surface area contributed by atoms with Crippen LogP contribution < -0.4 is 10.1 Å². The maximum absolute atomic E-state index is 12.1. The highest BCUT2D eigenvalue weighted by atomic mass is 19.4. The van der Waals surface area contributed by atoms with E-state index in [9.17, 15) is 13.2 Å². The number of benzene rings is 1. The summed E-state index contributed by atoms with van der Waals surface area (Å²) in [6.07, 6.45) is -3.42. The predicted octanol–water partition coefficient (Wildman–Crippen LogP) is 3.76. The number of aryl methyl sites for hydroxylation is 1. The van der Waals surface area contributed by atoms with Gasteiger partial charge in [-0.2, -0.15) is 13.2 Å². The lowest BCUT2D eigenvalue weighted by atomic mass is 10.2. The topological polar surface area (TPSA) is 21.3 Å². The number of hydrogen-bond acceptors (Lipinski definition) is 2. The first kappa shape index (κ1) is 13.7. The average molecular weight is 247 g/mol. The smallest absolute Gasteiger partial charge is 0.405 e. The zero-order chi connectivity index (χ0) is 12.9. The molecule has 5 heteroatoms. The number of halogens is 3. The second-order valence-corrected chi connectivity index (χ2v) is 3.82. The first-order valence-electron chi connectivity index (χ1n) is 5.46. The quantitative estimate of drug-likeness (QED) is 0.855. The maximum Gasteiger partial charge on any atom is 0.405 e. The molecule has 0 unspecified atom stereocenters. The van der Waals surface area contributed by atoms with Crippen molar-refractivity contribution in [3.63, 3.8) is 0 Å². The van der Waals surface area contributed by atoms with E-state index in [0.717, 1.165) is 12.0 Å². The van der Waals surface area contributed by atoms with Crippen LogP contribution in [-0.2, 0) is 0 Å². The molecule has 17 heavy (non-hydrogen) atoms. The minimum atomic E-state index is -4.23. The molecule has 0 radical (unpaired) electrons. The van der Waals surface area contributed by atoms with Gasteiger partial charge in [-0.25, -0.2) is 0 Å². The van der Waals surface area contributed by atoms with Crippen LogP contribution in [-0.4, -0.2) is 19.3 Å². The van der Waals surface area contributed by atoms with Crippen molar-refractivity contribution in [3.05, 3.63) is 23.8 Å². The van der Waals surface area contributed by atoms with E-state index in [2.05, 4.69) is 5.32 Å². The van der Waals surface area contributed by atoms with Crippen LogP contribution in [0.3, 0.4) is 0 Å². The van der Waals surface area contributed by atoms with Gasteiger partial charge in [0.2, 0.25) is 0 Å². The van der Waals surface area contributed by atoms with Gasteiger partial charge in [0.15, 0.2) is 0 Å². The summed E-state index contributed by atoms with van der Waals surface area (Å²) in [7, 11) is 0. The molecule has 0 fully saturated rings. The molecule has 0 aliphatic heterocycles. The lowest BCUT2D eigenvalue weighted by Gasteiger charge is -2.14. The fraction of sp³-hybridized carbons (Fsp3) is 0.500. The van der Waals surface area contributed by atoms with Gasteiger partial charge in [-0.15, -0.1) is 0 Å². The Kier molecular flexibility index (Phi) is 4.66. The molecule has 2 nitrogen and oxygen atoms in total.